The van der Waals surface area contributed by atoms with Crippen LogP contribution in [-0.4, -0.2) is 119 Å². The second-order valence-corrected chi connectivity index (χ2v) is 15.0. The van der Waals surface area contributed by atoms with Crippen molar-refractivity contribution in [2.24, 2.45) is 0 Å². The Bertz CT molecular complexity index is 1580. The van der Waals surface area contributed by atoms with E-state index in [0.717, 1.165) is 42.1 Å². The fourth-order valence-electron chi connectivity index (χ4n) is 8.24. The quantitative estimate of drug-likeness (QED) is 0.318. The van der Waals surface area contributed by atoms with E-state index in [0.29, 0.717) is 80.0 Å². The first-order valence-corrected chi connectivity index (χ1v) is 17.9. The molecule has 0 spiro atoms. The predicted octanol–water partition coefficient (Wildman–Crippen LogP) is 3.48. The number of amides is 5. The zero-order valence-electron chi connectivity index (χ0n) is 26.8. The summed E-state index contributed by atoms with van der Waals surface area (Å²) < 4.78 is 0. The number of nitrogens with two attached hydrogens (primary N) is 1. The van der Waals surface area contributed by atoms with Gasteiger partial charge in [0.2, 0.25) is 5.91 Å². The van der Waals surface area contributed by atoms with E-state index >= 15 is 0 Å². The molecule has 2 aromatic rings. The van der Waals surface area contributed by atoms with Crippen LogP contribution in [0.25, 0.3) is 0 Å². The van der Waals surface area contributed by atoms with Crippen LogP contribution in [0.1, 0.15) is 48.8 Å². The standard InChI is InChI=1S/C34H43ClN8O3S/c1-3-22-14-21(15-28(35)30(22)36)16-29(32(44)40-9-4-24(5-10-40)42-20-26-17-27(42)19-39(26)2)37-33(45)41-11-6-25(7-12-41)43-18-23-8-13-47-31(23)38-34(43)46/h1,8,13-15,24-27,29H,4-7,9-12,16-20,36H2,2H3,(H,37,45)(H,38,46)/t26?,27?,29-/m1/s1. The minimum atomic E-state index is -0.788. The van der Waals surface area contributed by atoms with E-state index in [1.54, 1.807) is 17.0 Å². The Morgan fingerprint density at radius 1 is 1.09 bits per heavy atom. The normalized spacial score (nSPS) is 24.6. The Balaban J connectivity index is 1.00. The minimum Gasteiger partial charge on any atom is -0.397 e. The number of carbonyl (C=O) groups is 3. The van der Waals surface area contributed by atoms with Gasteiger partial charge in [-0.1, -0.05) is 17.5 Å². The molecule has 11 nitrogen and oxygen atoms in total. The zero-order chi connectivity index (χ0) is 32.8. The first-order valence-electron chi connectivity index (χ1n) is 16.7. The molecule has 3 atom stereocenters. The Kier molecular flexibility index (Phi) is 9.00. The third-order valence-corrected chi connectivity index (χ3v) is 12.1. The molecule has 6 heterocycles. The molecule has 13 heteroatoms. The summed E-state index contributed by atoms with van der Waals surface area (Å²) in [6.07, 6.45) is 10.4. The van der Waals surface area contributed by atoms with Gasteiger partial charge in [0, 0.05) is 81.0 Å². The highest BCUT2D eigenvalue weighted by Gasteiger charge is 2.45. The highest BCUT2D eigenvalue weighted by Crippen LogP contribution is 2.34. The van der Waals surface area contributed by atoms with Crippen molar-refractivity contribution in [2.45, 2.75) is 75.3 Å². The van der Waals surface area contributed by atoms with Crippen LogP contribution < -0.4 is 16.4 Å². The van der Waals surface area contributed by atoms with Crippen LogP contribution in [0, 0.1) is 12.3 Å². The monoisotopic (exact) mass is 678 g/mol. The molecule has 1 aromatic heterocycles. The zero-order valence-corrected chi connectivity index (χ0v) is 28.4. The maximum Gasteiger partial charge on any atom is 0.323 e. The van der Waals surface area contributed by atoms with E-state index in [2.05, 4.69) is 33.4 Å². The molecular formula is C34H43ClN8O3S. The van der Waals surface area contributed by atoms with E-state index in [9.17, 15) is 14.4 Å². The van der Waals surface area contributed by atoms with Gasteiger partial charge >= 0.3 is 12.1 Å². The van der Waals surface area contributed by atoms with Gasteiger partial charge in [0.05, 0.1) is 17.3 Å². The molecule has 4 fully saturated rings. The SMILES string of the molecule is C#Cc1cc(C[C@@H](NC(=O)N2CCC(N3Cc4ccsc4NC3=O)CC2)C(=O)N2CCC(N3CC4CC3CN4C)CC2)cc(Cl)c1N. The summed E-state index contributed by atoms with van der Waals surface area (Å²) in [7, 11) is 2.22. The first-order chi connectivity index (χ1) is 22.7. The molecule has 5 aliphatic heterocycles. The maximum atomic E-state index is 14.1. The van der Waals surface area contributed by atoms with Crippen LogP contribution in [0.5, 0.6) is 0 Å². The highest BCUT2D eigenvalue weighted by molar-refractivity contribution is 7.14. The van der Waals surface area contributed by atoms with Crippen LogP contribution in [0.2, 0.25) is 5.02 Å². The molecule has 0 aliphatic carbocycles. The second kappa shape index (κ2) is 13.2. The lowest BCUT2D eigenvalue weighted by molar-refractivity contribution is -0.135. The van der Waals surface area contributed by atoms with E-state index in [4.69, 9.17) is 23.8 Å². The van der Waals surface area contributed by atoms with Gasteiger partial charge in [0.25, 0.3) is 0 Å². The summed E-state index contributed by atoms with van der Waals surface area (Å²) in [5.41, 5.74) is 8.73. The summed E-state index contributed by atoms with van der Waals surface area (Å²) in [6, 6.07) is 6.17. The van der Waals surface area contributed by atoms with E-state index in [1.165, 1.54) is 17.8 Å². The third-order valence-electron chi connectivity index (χ3n) is 10.9. The van der Waals surface area contributed by atoms with Crippen molar-refractivity contribution >= 4 is 51.6 Å². The number of urea groups is 2. The number of rotatable bonds is 6. The Hall–Kier alpha value is -3.50. The van der Waals surface area contributed by atoms with Crippen molar-refractivity contribution in [1.29, 1.82) is 0 Å². The van der Waals surface area contributed by atoms with Crippen LogP contribution >= 0.6 is 22.9 Å². The summed E-state index contributed by atoms with van der Waals surface area (Å²) in [6.45, 7) is 5.12. The number of halogens is 1. The number of likely N-dealkylation sites (tertiary alicyclic amines) is 4. The average molecular weight is 679 g/mol. The van der Waals surface area contributed by atoms with Gasteiger partial charge in [-0.25, -0.2) is 9.59 Å². The number of hydrogen-bond acceptors (Lipinski definition) is 7. The summed E-state index contributed by atoms with van der Waals surface area (Å²) in [5, 5.41) is 9.30. The number of piperidine rings is 2. The highest BCUT2D eigenvalue weighted by atomic mass is 35.5. The number of likely N-dealkylation sites (N-methyl/N-ethyl adjacent to an activating group) is 1. The Labute approximate surface area is 285 Å². The number of fused-ring (bicyclic) bond motifs is 3. The summed E-state index contributed by atoms with van der Waals surface area (Å²) in [5.74, 6) is 2.48. The van der Waals surface area contributed by atoms with Crippen molar-refractivity contribution in [3.8, 4) is 12.3 Å². The summed E-state index contributed by atoms with van der Waals surface area (Å²) >= 11 is 7.94. The molecule has 5 aliphatic rings. The maximum absolute atomic E-state index is 14.1. The van der Waals surface area contributed by atoms with Gasteiger partial charge in [0.1, 0.15) is 11.0 Å². The molecule has 1 aromatic carbocycles. The lowest BCUT2D eigenvalue weighted by Crippen LogP contribution is -2.58. The van der Waals surface area contributed by atoms with Crippen LogP contribution in [-0.2, 0) is 17.8 Å². The molecule has 4 N–H and O–H groups in total. The number of terminal acetylenes is 1. The number of piperazine rings is 1. The molecule has 0 saturated carbocycles. The van der Waals surface area contributed by atoms with Crippen LogP contribution in [0.15, 0.2) is 23.6 Å². The number of benzene rings is 1. The minimum absolute atomic E-state index is 0.0381. The van der Waals surface area contributed by atoms with Crippen LogP contribution in [0.3, 0.4) is 0 Å². The number of nitrogen functional groups attached to an aromatic ring is 1. The van der Waals surface area contributed by atoms with Crippen molar-refractivity contribution in [3.05, 3.63) is 45.3 Å². The molecule has 47 heavy (non-hydrogen) atoms. The fraction of sp³-hybridized carbons (Fsp3) is 0.559. The summed E-state index contributed by atoms with van der Waals surface area (Å²) in [4.78, 5) is 51.3. The molecule has 2 bridgehead atoms. The van der Waals surface area contributed by atoms with Crippen molar-refractivity contribution < 1.29 is 14.4 Å². The molecule has 250 valence electrons. The molecule has 4 saturated heterocycles. The lowest BCUT2D eigenvalue weighted by Gasteiger charge is -2.43. The first kappa shape index (κ1) is 32.1. The number of thiophene rings is 1. The third kappa shape index (κ3) is 6.38. The molecule has 2 unspecified atom stereocenters. The molecular weight excluding hydrogens is 636 g/mol. The number of nitrogens with zero attached hydrogens (tertiary/aromatic N) is 5. The van der Waals surface area contributed by atoms with Gasteiger partial charge in [-0.2, -0.15) is 0 Å². The van der Waals surface area contributed by atoms with Crippen molar-refractivity contribution in [2.75, 3.05) is 57.4 Å². The largest absolute Gasteiger partial charge is 0.397 e. The lowest BCUT2D eigenvalue weighted by atomic mass is 9.98. The van der Waals surface area contributed by atoms with Crippen molar-refractivity contribution in [3.63, 3.8) is 0 Å². The second-order valence-electron chi connectivity index (χ2n) is 13.7. The average Bonchev–Trinajstić information content (AvgIpc) is 3.81. The number of anilines is 2. The van der Waals surface area contributed by atoms with Gasteiger partial charge in [-0.05, 0) is 68.3 Å². The number of hydrogen-bond donors (Lipinski definition) is 3. The molecule has 7 rings (SSSR count). The van der Waals surface area contributed by atoms with Gasteiger partial charge < -0.3 is 30.7 Å². The topological polar surface area (TPSA) is 117 Å². The van der Waals surface area contributed by atoms with Gasteiger partial charge in [-0.3, -0.25) is 15.0 Å². The number of nitrogens with one attached hydrogen (secondary N) is 2. The number of carbonyl (C=O) groups excluding carboxylic acids is 3. The van der Waals surface area contributed by atoms with Crippen molar-refractivity contribution in [1.82, 2.24) is 29.8 Å². The predicted molar refractivity (Wildman–Crippen MR) is 184 cm³/mol. The molecule has 0 radical (unpaired) electrons. The van der Waals surface area contributed by atoms with E-state index in [-0.39, 0.29) is 30.4 Å². The van der Waals surface area contributed by atoms with Crippen LogP contribution in [0.4, 0.5) is 20.3 Å². The smallest absolute Gasteiger partial charge is 0.323 e. The van der Waals surface area contributed by atoms with E-state index in [1.807, 2.05) is 21.2 Å². The Morgan fingerprint density at radius 2 is 1.81 bits per heavy atom. The fourth-order valence-corrected chi connectivity index (χ4v) is 9.28. The van der Waals surface area contributed by atoms with E-state index < -0.39 is 6.04 Å². The molecule has 5 amide bonds. The van der Waals surface area contributed by atoms with Gasteiger partial charge in [-0.15, -0.1) is 17.8 Å². The Morgan fingerprint density at radius 3 is 2.49 bits per heavy atom. The van der Waals surface area contributed by atoms with Gasteiger partial charge in [0.15, 0.2) is 0 Å².